The van der Waals surface area contributed by atoms with Gasteiger partial charge in [-0.1, -0.05) is 131 Å². The Bertz CT molecular complexity index is 1300. The summed E-state index contributed by atoms with van der Waals surface area (Å²) < 4.78 is 4.08. The van der Waals surface area contributed by atoms with Gasteiger partial charge in [-0.15, -0.1) is 0 Å². The molecule has 0 aliphatic rings. The van der Waals surface area contributed by atoms with Crippen molar-refractivity contribution in [2.45, 2.75) is 79.1 Å². The second-order valence-electron chi connectivity index (χ2n) is 10.9. The molecule has 0 saturated heterocycles. The highest BCUT2D eigenvalue weighted by molar-refractivity contribution is 6.32. The van der Waals surface area contributed by atoms with E-state index in [0.717, 1.165) is 22.6 Å². The Hall–Kier alpha value is -2.91. The number of benzene rings is 3. The summed E-state index contributed by atoms with van der Waals surface area (Å²) in [6, 6.07) is 23.6. The quantitative estimate of drug-likeness (QED) is 0.232. The van der Waals surface area contributed by atoms with Gasteiger partial charge in [-0.2, -0.15) is 0 Å². The first-order chi connectivity index (χ1) is 17.1. The van der Waals surface area contributed by atoms with Gasteiger partial charge in [0, 0.05) is 27.8 Å². The van der Waals surface area contributed by atoms with E-state index in [-0.39, 0.29) is 0 Å². The lowest BCUT2D eigenvalue weighted by molar-refractivity contribution is -0.651. The molecule has 36 heavy (non-hydrogen) atoms. The molecular formula is C32H39ClN3+. The van der Waals surface area contributed by atoms with E-state index in [4.69, 9.17) is 16.8 Å². The molecule has 188 valence electrons. The van der Waals surface area contributed by atoms with Crippen LogP contribution < -0.4 is 4.68 Å². The van der Waals surface area contributed by atoms with Crippen molar-refractivity contribution in [1.29, 1.82) is 0 Å². The average Bonchev–Trinajstić information content (AvgIpc) is 3.19. The van der Waals surface area contributed by atoms with Gasteiger partial charge in [0.15, 0.2) is 11.4 Å². The van der Waals surface area contributed by atoms with Crippen molar-refractivity contribution in [3.8, 4) is 22.6 Å². The molecule has 0 radical (unpaired) electrons. The second-order valence-corrected chi connectivity index (χ2v) is 11.3. The minimum atomic E-state index is 0.335. The molecule has 0 bridgehead atoms. The minimum absolute atomic E-state index is 0.335. The number of nitrogens with zero attached hydrogens (tertiary/aromatic N) is 3. The van der Waals surface area contributed by atoms with E-state index in [1.165, 1.54) is 22.3 Å². The molecule has 0 aliphatic heterocycles. The second kappa shape index (κ2) is 10.6. The monoisotopic (exact) mass is 500 g/mol. The van der Waals surface area contributed by atoms with Gasteiger partial charge < -0.3 is 0 Å². The van der Waals surface area contributed by atoms with Crippen LogP contribution in [-0.4, -0.2) is 9.90 Å². The lowest BCUT2D eigenvalue weighted by Gasteiger charge is -2.16. The molecule has 3 aromatic carbocycles. The maximum atomic E-state index is 7.35. The summed E-state index contributed by atoms with van der Waals surface area (Å²) in [5, 5.41) is 5.93. The SMILES string of the molecule is CC(C)c1cccc(C(C)C)c1-n1n[n+](-c2c(C(C)C)cccc2C(C)C)c(-c2ccccc2)c1Cl. The van der Waals surface area contributed by atoms with Crippen LogP contribution in [0.4, 0.5) is 0 Å². The molecule has 1 heterocycles. The molecular weight excluding hydrogens is 462 g/mol. The Labute approximate surface area is 221 Å². The molecule has 0 spiro atoms. The van der Waals surface area contributed by atoms with Crippen molar-refractivity contribution < 1.29 is 4.68 Å². The van der Waals surface area contributed by atoms with Gasteiger partial charge in [0.05, 0.1) is 0 Å². The van der Waals surface area contributed by atoms with E-state index >= 15 is 0 Å². The molecule has 0 aliphatic carbocycles. The highest BCUT2D eigenvalue weighted by Gasteiger charge is 2.34. The molecule has 0 unspecified atom stereocenters. The van der Waals surface area contributed by atoms with Crippen molar-refractivity contribution in [3.05, 3.63) is 94.1 Å². The molecule has 0 atom stereocenters. The van der Waals surface area contributed by atoms with E-state index in [0.29, 0.717) is 28.8 Å². The first kappa shape index (κ1) is 26.2. The molecule has 4 rings (SSSR count). The number of hydrogen-bond acceptors (Lipinski definition) is 1. The molecule has 0 fully saturated rings. The smallest absolute Gasteiger partial charge is 0.0914 e. The Morgan fingerprint density at radius 2 is 1.06 bits per heavy atom. The van der Waals surface area contributed by atoms with Crippen molar-refractivity contribution in [2.75, 3.05) is 0 Å². The average molecular weight is 501 g/mol. The molecule has 0 amide bonds. The van der Waals surface area contributed by atoms with Gasteiger partial charge in [-0.3, -0.25) is 0 Å². The van der Waals surface area contributed by atoms with Crippen LogP contribution in [0.5, 0.6) is 0 Å². The minimum Gasteiger partial charge on any atom is -0.0914 e. The molecule has 1 aromatic heterocycles. The van der Waals surface area contributed by atoms with Gasteiger partial charge in [0.1, 0.15) is 5.21 Å². The van der Waals surface area contributed by atoms with Gasteiger partial charge in [0.25, 0.3) is 5.15 Å². The summed E-state index contributed by atoms with van der Waals surface area (Å²) in [7, 11) is 0. The molecule has 0 saturated carbocycles. The van der Waals surface area contributed by atoms with Crippen molar-refractivity contribution >= 4 is 11.6 Å². The first-order valence-electron chi connectivity index (χ1n) is 13.2. The van der Waals surface area contributed by atoms with Gasteiger partial charge in [0.2, 0.25) is 5.69 Å². The van der Waals surface area contributed by atoms with E-state index in [2.05, 4.69) is 121 Å². The van der Waals surface area contributed by atoms with Crippen LogP contribution in [0.2, 0.25) is 5.15 Å². The van der Waals surface area contributed by atoms with E-state index in [1.54, 1.807) is 0 Å². The Balaban J connectivity index is 2.17. The number of aromatic nitrogens is 3. The first-order valence-corrected chi connectivity index (χ1v) is 13.5. The molecule has 3 nitrogen and oxygen atoms in total. The highest BCUT2D eigenvalue weighted by Crippen LogP contribution is 2.36. The third-order valence-electron chi connectivity index (χ3n) is 6.93. The topological polar surface area (TPSA) is 21.7 Å². The predicted octanol–water partition coefficient (Wildman–Crippen LogP) is 8.96. The van der Waals surface area contributed by atoms with Crippen LogP contribution in [-0.2, 0) is 0 Å². The third kappa shape index (κ3) is 4.74. The van der Waals surface area contributed by atoms with Crippen molar-refractivity contribution in [2.24, 2.45) is 0 Å². The third-order valence-corrected chi connectivity index (χ3v) is 7.27. The number of hydrogen-bond donors (Lipinski definition) is 0. The highest BCUT2D eigenvalue weighted by atomic mass is 35.5. The number of rotatable bonds is 7. The van der Waals surface area contributed by atoms with E-state index in [1.807, 2.05) is 10.7 Å². The fraction of sp³-hybridized carbons (Fsp3) is 0.375. The van der Waals surface area contributed by atoms with Gasteiger partial charge >= 0.3 is 0 Å². The lowest BCUT2D eigenvalue weighted by Crippen LogP contribution is -2.39. The summed E-state index contributed by atoms with van der Waals surface area (Å²) in [6.45, 7) is 17.9. The zero-order chi connectivity index (χ0) is 26.1. The standard InChI is InChI=1S/C32H39ClN3/c1-20(2)25-16-12-17-26(21(3)4)30(25)35-29(24-14-10-9-11-15-24)32(33)36(34-35)31-27(22(5)6)18-13-19-28(31)23(7)8/h9-23H,1-8H3/q+1. The van der Waals surface area contributed by atoms with E-state index in [9.17, 15) is 0 Å². The maximum absolute atomic E-state index is 7.35. The van der Waals surface area contributed by atoms with Crippen LogP contribution in [0, 0.1) is 0 Å². The number of halogens is 1. The van der Waals surface area contributed by atoms with Crippen LogP contribution in [0.25, 0.3) is 22.6 Å². The zero-order valence-corrected chi connectivity index (χ0v) is 23.6. The summed E-state index contributed by atoms with van der Waals surface area (Å²) in [4.78, 5) is 0. The molecule has 0 N–H and O–H groups in total. The van der Waals surface area contributed by atoms with E-state index < -0.39 is 0 Å². The largest absolute Gasteiger partial charge is 0.272 e. The van der Waals surface area contributed by atoms with Crippen LogP contribution in [0.3, 0.4) is 0 Å². The lowest BCUT2D eigenvalue weighted by atomic mass is 9.92. The summed E-state index contributed by atoms with van der Waals surface area (Å²) in [5.74, 6) is 1.35. The Morgan fingerprint density at radius 3 is 1.50 bits per heavy atom. The summed E-state index contributed by atoms with van der Waals surface area (Å²) in [5.41, 5.74) is 9.23. The predicted molar refractivity (Wildman–Crippen MR) is 152 cm³/mol. The summed E-state index contributed by atoms with van der Waals surface area (Å²) in [6.07, 6.45) is 0. The van der Waals surface area contributed by atoms with Crippen molar-refractivity contribution in [1.82, 2.24) is 9.90 Å². The van der Waals surface area contributed by atoms with Gasteiger partial charge in [-0.25, -0.2) is 0 Å². The molecule has 4 aromatic rings. The van der Waals surface area contributed by atoms with Crippen molar-refractivity contribution in [3.63, 3.8) is 0 Å². The Morgan fingerprint density at radius 1 is 0.611 bits per heavy atom. The van der Waals surface area contributed by atoms with Crippen LogP contribution >= 0.6 is 11.6 Å². The van der Waals surface area contributed by atoms with Crippen LogP contribution in [0.1, 0.15) is 101 Å². The van der Waals surface area contributed by atoms with Gasteiger partial charge in [-0.05, 0) is 35.3 Å². The normalized spacial score (nSPS) is 11.9. The Kier molecular flexibility index (Phi) is 7.70. The van der Waals surface area contributed by atoms with Crippen LogP contribution in [0.15, 0.2) is 66.7 Å². The number of para-hydroxylation sites is 2. The molecule has 4 heteroatoms. The fourth-order valence-electron chi connectivity index (χ4n) is 5.01. The fourth-order valence-corrected chi connectivity index (χ4v) is 5.32. The zero-order valence-electron chi connectivity index (χ0n) is 22.9. The summed E-state index contributed by atoms with van der Waals surface area (Å²) >= 11 is 7.35. The maximum Gasteiger partial charge on any atom is 0.272 e.